The number of halogens is 1. The van der Waals surface area contributed by atoms with E-state index in [1.807, 2.05) is 0 Å². The number of anilines is 2. The number of nitrogen functional groups attached to an aromatic ring is 1. The molecule has 2 heterocycles. The first-order valence-electron chi connectivity index (χ1n) is 5.45. The summed E-state index contributed by atoms with van der Waals surface area (Å²) in [5.41, 5.74) is 2.48. The van der Waals surface area contributed by atoms with Crippen molar-refractivity contribution in [3.05, 3.63) is 10.7 Å². The molecule has 1 aliphatic heterocycles. The number of rotatable bonds is 2. The summed E-state index contributed by atoms with van der Waals surface area (Å²) in [4.78, 5) is 10.7. The molecule has 5 nitrogen and oxygen atoms in total. The number of nitrogens with two attached hydrogens (primary N) is 1. The van der Waals surface area contributed by atoms with Gasteiger partial charge >= 0.3 is 0 Å². The summed E-state index contributed by atoms with van der Waals surface area (Å²) >= 11 is 3.48. The van der Waals surface area contributed by atoms with Gasteiger partial charge in [-0.2, -0.15) is 4.98 Å². The van der Waals surface area contributed by atoms with Gasteiger partial charge in [0.1, 0.15) is 5.82 Å². The van der Waals surface area contributed by atoms with E-state index in [9.17, 15) is 0 Å². The fourth-order valence-electron chi connectivity index (χ4n) is 2.03. The highest BCUT2D eigenvalue weighted by Gasteiger charge is 2.20. The molecule has 1 aromatic rings. The summed E-state index contributed by atoms with van der Waals surface area (Å²) in [5.74, 6) is 7.41. The SMILES string of the molecule is CC1CCCN(c2nc(NN)ncc2Br)C1. The van der Waals surface area contributed by atoms with Gasteiger partial charge in [0.2, 0.25) is 5.95 Å². The Hall–Kier alpha value is -0.880. The third-order valence-corrected chi connectivity index (χ3v) is 3.37. The van der Waals surface area contributed by atoms with Crippen molar-refractivity contribution in [1.29, 1.82) is 0 Å². The van der Waals surface area contributed by atoms with Gasteiger partial charge in [-0.1, -0.05) is 6.92 Å². The van der Waals surface area contributed by atoms with Crippen molar-refractivity contribution >= 4 is 27.7 Å². The van der Waals surface area contributed by atoms with Crippen LogP contribution in [0.4, 0.5) is 11.8 Å². The van der Waals surface area contributed by atoms with Crippen LogP contribution in [0.2, 0.25) is 0 Å². The van der Waals surface area contributed by atoms with Crippen LogP contribution in [0.3, 0.4) is 0 Å². The minimum atomic E-state index is 0.455. The van der Waals surface area contributed by atoms with Gasteiger partial charge < -0.3 is 4.90 Å². The standard InChI is InChI=1S/C10H16BrN5/c1-7-3-2-4-16(6-7)9-8(11)5-13-10(14-9)15-12/h5,7H,2-4,6,12H2,1H3,(H,13,14,15). The number of hydrogen-bond donors (Lipinski definition) is 2. The second-order valence-corrected chi connectivity index (χ2v) is 5.06. The Labute approximate surface area is 104 Å². The predicted octanol–water partition coefficient (Wildman–Crippen LogP) is 1.76. The van der Waals surface area contributed by atoms with Crippen molar-refractivity contribution in [2.75, 3.05) is 23.4 Å². The molecule has 0 aliphatic carbocycles. The van der Waals surface area contributed by atoms with E-state index >= 15 is 0 Å². The van der Waals surface area contributed by atoms with Crippen LogP contribution in [0.1, 0.15) is 19.8 Å². The topological polar surface area (TPSA) is 67.1 Å². The van der Waals surface area contributed by atoms with Crippen molar-refractivity contribution in [2.24, 2.45) is 11.8 Å². The van der Waals surface area contributed by atoms with Crippen molar-refractivity contribution in [3.8, 4) is 0 Å². The third-order valence-electron chi connectivity index (χ3n) is 2.81. The molecule has 1 unspecified atom stereocenters. The van der Waals surface area contributed by atoms with Crippen molar-refractivity contribution in [3.63, 3.8) is 0 Å². The first kappa shape index (κ1) is 11.6. The maximum atomic E-state index is 5.32. The Morgan fingerprint density at radius 2 is 2.44 bits per heavy atom. The molecule has 0 bridgehead atoms. The third kappa shape index (κ3) is 2.44. The number of nitrogens with zero attached hydrogens (tertiary/aromatic N) is 3. The van der Waals surface area contributed by atoms with Gasteiger partial charge in [0, 0.05) is 19.3 Å². The average molecular weight is 286 g/mol. The molecule has 88 valence electrons. The highest BCUT2D eigenvalue weighted by Crippen LogP contribution is 2.28. The smallest absolute Gasteiger partial charge is 0.239 e. The summed E-state index contributed by atoms with van der Waals surface area (Å²) in [6.45, 7) is 4.35. The quantitative estimate of drug-likeness (QED) is 0.640. The lowest BCUT2D eigenvalue weighted by Crippen LogP contribution is -2.35. The van der Waals surface area contributed by atoms with Crippen molar-refractivity contribution in [1.82, 2.24) is 9.97 Å². The predicted molar refractivity (Wildman–Crippen MR) is 68.2 cm³/mol. The number of aromatic nitrogens is 2. The molecular weight excluding hydrogens is 270 g/mol. The number of piperidine rings is 1. The van der Waals surface area contributed by atoms with E-state index in [1.54, 1.807) is 6.20 Å². The molecule has 0 radical (unpaired) electrons. The van der Waals surface area contributed by atoms with Crippen LogP contribution in [-0.4, -0.2) is 23.1 Å². The molecule has 1 fully saturated rings. The zero-order valence-corrected chi connectivity index (χ0v) is 10.9. The maximum Gasteiger partial charge on any atom is 0.239 e. The molecular formula is C10H16BrN5. The highest BCUT2D eigenvalue weighted by molar-refractivity contribution is 9.10. The summed E-state index contributed by atoms with van der Waals surface area (Å²) in [6.07, 6.45) is 4.24. The first-order chi connectivity index (χ1) is 7.70. The highest BCUT2D eigenvalue weighted by atomic mass is 79.9. The monoisotopic (exact) mass is 285 g/mol. The summed E-state index contributed by atoms with van der Waals surface area (Å²) in [7, 11) is 0. The van der Waals surface area contributed by atoms with Crippen LogP contribution in [-0.2, 0) is 0 Å². The summed E-state index contributed by atoms with van der Waals surface area (Å²) in [6, 6.07) is 0. The maximum absolute atomic E-state index is 5.32. The molecule has 0 amide bonds. The molecule has 1 atom stereocenters. The van der Waals surface area contributed by atoms with Gasteiger partial charge in [0.05, 0.1) is 4.47 Å². The van der Waals surface area contributed by atoms with E-state index in [-0.39, 0.29) is 0 Å². The lowest BCUT2D eigenvalue weighted by molar-refractivity contribution is 0.444. The van der Waals surface area contributed by atoms with Crippen LogP contribution in [0.5, 0.6) is 0 Å². The van der Waals surface area contributed by atoms with Gasteiger partial charge in [-0.05, 0) is 34.7 Å². The second kappa shape index (κ2) is 4.97. The van der Waals surface area contributed by atoms with E-state index in [4.69, 9.17) is 5.84 Å². The van der Waals surface area contributed by atoms with Crippen LogP contribution in [0.15, 0.2) is 10.7 Å². The Balaban J connectivity index is 2.24. The Kier molecular flexibility index (Phi) is 3.60. The summed E-state index contributed by atoms with van der Waals surface area (Å²) in [5, 5.41) is 0. The largest absolute Gasteiger partial charge is 0.355 e. The van der Waals surface area contributed by atoms with Crippen LogP contribution in [0, 0.1) is 5.92 Å². The Morgan fingerprint density at radius 3 is 3.12 bits per heavy atom. The van der Waals surface area contributed by atoms with Gasteiger partial charge in [-0.3, -0.25) is 5.43 Å². The lowest BCUT2D eigenvalue weighted by atomic mass is 10.0. The fraction of sp³-hybridized carbons (Fsp3) is 0.600. The molecule has 0 spiro atoms. The number of hydrogen-bond acceptors (Lipinski definition) is 5. The zero-order valence-electron chi connectivity index (χ0n) is 9.28. The minimum Gasteiger partial charge on any atom is -0.355 e. The normalized spacial score (nSPS) is 20.9. The molecule has 16 heavy (non-hydrogen) atoms. The Bertz CT molecular complexity index is 370. The molecule has 0 saturated carbocycles. The zero-order chi connectivity index (χ0) is 11.5. The van der Waals surface area contributed by atoms with Crippen LogP contribution < -0.4 is 16.2 Å². The van der Waals surface area contributed by atoms with E-state index < -0.39 is 0 Å². The Morgan fingerprint density at radius 1 is 1.62 bits per heavy atom. The van der Waals surface area contributed by atoms with Crippen LogP contribution >= 0.6 is 15.9 Å². The van der Waals surface area contributed by atoms with Crippen molar-refractivity contribution in [2.45, 2.75) is 19.8 Å². The van der Waals surface area contributed by atoms with Gasteiger partial charge in [-0.25, -0.2) is 10.8 Å². The molecule has 6 heteroatoms. The average Bonchev–Trinajstić information content (AvgIpc) is 2.30. The van der Waals surface area contributed by atoms with E-state index in [2.05, 4.69) is 43.1 Å². The van der Waals surface area contributed by atoms with E-state index in [0.717, 1.165) is 23.4 Å². The molecule has 1 aliphatic rings. The number of nitrogens with one attached hydrogen (secondary N) is 1. The number of hydrazine groups is 1. The summed E-state index contributed by atoms with van der Waals surface area (Å²) < 4.78 is 0.917. The molecule has 1 saturated heterocycles. The van der Waals surface area contributed by atoms with E-state index in [1.165, 1.54) is 12.8 Å². The van der Waals surface area contributed by atoms with Crippen molar-refractivity contribution < 1.29 is 0 Å². The first-order valence-corrected chi connectivity index (χ1v) is 6.24. The molecule has 0 aromatic carbocycles. The van der Waals surface area contributed by atoms with Gasteiger partial charge in [0.25, 0.3) is 0 Å². The molecule has 3 N–H and O–H groups in total. The van der Waals surface area contributed by atoms with Gasteiger partial charge in [0.15, 0.2) is 0 Å². The lowest BCUT2D eigenvalue weighted by Gasteiger charge is -2.32. The fourth-order valence-corrected chi connectivity index (χ4v) is 2.47. The van der Waals surface area contributed by atoms with Crippen LogP contribution in [0.25, 0.3) is 0 Å². The van der Waals surface area contributed by atoms with E-state index in [0.29, 0.717) is 11.9 Å². The minimum absolute atomic E-state index is 0.455. The molecule has 2 rings (SSSR count). The second-order valence-electron chi connectivity index (χ2n) is 4.20. The van der Waals surface area contributed by atoms with Gasteiger partial charge in [-0.15, -0.1) is 0 Å². The molecule has 1 aromatic heterocycles.